The van der Waals surface area contributed by atoms with Gasteiger partial charge in [0.15, 0.2) is 5.76 Å². The molecular weight excluding hydrogens is 369 g/mol. The number of aliphatic hydroxyl groups excluding tert-OH is 1. The third-order valence-corrected chi connectivity index (χ3v) is 5.09. The van der Waals surface area contributed by atoms with Crippen LogP contribution in [0, 0.1) is 5.82 Å². The maximum absolute atomic E-state index is 13.5. The molecule has 1 atom stereocenters. The zero-order valence-electron chi connectivity index (χ0n) is 15.9. The van der Waals surface area contributed by atoms with Crippen LogP contribution in [0.5, 0.6) is 5.75 Å². The first kappa shape index (κ1) is 18.7. The van der Waals surface area contributed by atoms with Gasteiger partial charge in [-0.15, -0.1) is 0 Å². The first-order valence-electron chi connectivity index (χ1n) is 9.26. The molecule has 1 aliphatic rings. The highest BCUT2D eigenvalue weighted by atomic mass is 19.1. The van der Waals surface area contributed by atoms with E-state index < -0.39 is 11.9 Å². The SMILES string of the molecule is COc1ccc(CN2C(=O)C(O)=C(c3ccccc3)[C@@H]2c2ccc(F)cc2)cc1. The summed E-state index contributed by atoms with van der Waals surface area (Å²) in [5.41, 5.74) is 2.91. The molecular formula is C24H20FNO3. The number of carbonyl (C=O) groups is 1. The fourth-order valence-corrected chi connectivity index (χ4v) is 3.65. The van der Waals surface area contributed by atoms with Crippen LogP contribution in [0.4, 0.5) is 4.39 Å². The van der Waals surface area contributed by atoms with Crippen molar-refractivity contribution in [2.24, 2.45) is 0 Å². The van der Waals surface area contributed by atoms with Crippen molar-refractivity contribution < 1.29 is 19.0 Å². The number of methoxy groups -OCH3 is 1. The topological polar surface area (TPSA) is 49.8 Å². The van der Waals surface area contributed by atoms with Crippen LogP contribution in [-0.2, 0) is 11.3 Å². The quantitative estimate of drug-likeness (QED) is 0.676. The van der Waals surface area contributed by atoms with Crippen molar-refractivity contribution in [3.8, 4) is 5.75 Å². The van der Waals surface area contributed by atoms with Crippen LogP contribution in [0.3, 0.4) is 0 Å². The molecule has 0 saturated heterocycles. The van der Waals surface area contributed by atoms with Gasteiger partial charge in [-0.25, -0.2) is 4.39 Å². The van der Waals surface area contributed by atoms with Crippen LogP contribution in [0.1, 0.15) is 22.7 Å². The molecule has 1 amide bonds. The van der Waals surface area contributed by atoms with E-state index >= 15 is 0 Å². The van der Waals surface area contributed by atoms with Crippen LogP contribution in [0.15, 0.2) is 84.6 Å². The zero-order valence-corrected chi connectivity index (χ0v) is 15.9. The molecule has 0 unspecified atom stereocenters. The Bertz CT molecular complexity index is 1040. The van der Waals surface area contributed by atoms with E-state index in [-0.39, 0.29) is 11.6 Å². The maximum atomic E-state index is 13.5. The van der Waals surface area contributed by atoms with Gasteiger partial charge in [0, 0.05) is 12.1 Å². The Labute approximate surface area is 168 Å². The largest absolute Gasteiger partial charge is 0.503 e. The second-order valence-electron chi connectivity index (χ2n) is 6.86. The summed E-state index contributed by atoms with van der Waals surface area (Å²) in [5, 5.41) is 10.7. The van der Waals surface area contributed by atoms with Crippen LogP contribution in [0.2, 0.25) is 0 Å². The average molecular weight is 389 g/mol. The summed E-state index contributed by atoms with van der Waals surface area (Å²) in [5.74, 6) is -0.357. The Kier molecular flexibility index (Phi) is 5.04. The number of aliphatic hydroxyl groups is 1. The molecule has 3 aromatic carbocycles. The Morgan fingerprint density at radius 3 is 2.24 bits per heavy atom. The Morgan fingerprint density at radius 2 is 1.62 bits per heavy atom. The summed E-state index contributed by atoms with van der Waals surface area (Å²) in [4.78, 5) is 14.6. The number of nitrogens with zero attached hydrogens (tertiary/aromatic N) is 1. The minimum atomic E-state index is -0.521. The Balaban J connectivity index is 1.77. The van der Waals surface area contributed by atoms with Gasteiger partial charge in [-0.1, -0.05) is 54.6 Å². The van der Waals surface area contributed by atoms with Gasteiger partial charge in [0.25, 0.3) is 5.91 Å². The lowest BCUT2D eigenvalue weighted by molar-refractivity contribution is -0.130. The highest BCUT2D eigenvalue weighted by Gasteiger charge is 2.40. The minimum absolute atomic E-state index is 0.279. The molecule has 29 heavy (non-hydrogen) atoms. The number of hydrogen-bond acceptors (Lipinski definition) is 3. The molecule has 0 saturated carbocycles. The van der Waals surface area contributed by atoms with Crippen molar-refractivity contribution >= 4 is 11.5 Å². The van der Waals surface area contributed by atoms with E-state index in [2.05, 4.69) is 0 Å². The van der Waals surface area contributed by atoms with Crippen molar-refractivity contribution in [2.75, 3.05) is 7.11 Å². The molecule has 1 aliphatic heterocycles. The van der Waals surface area contributed by atoms with E-state index in [1.807, 2.05) is 54.6 Å². The van der Waals surface area contributed by atoms with Gasteiger partial charge in [0.2, 0.25) is 0 Å². The Hall–Kier alpha value is -3.60. The summed E-state index contributed by atoms with van der Waals surface area (Å²) in [6, 6.07) is 22.2. The Morgan fingerprint density at radius 1 is 0.966 bits per heavy atom. The number of rotatable bonds is 5. The molecule has 0 radical (unpaired) electrons. The van der Waals surface area contributed by atoms with Gasteiger partial charge in [-0.2, -0.15) is 0 Å². The second kappa shape index (κ2) is 7.80. The number of benzene rings is 3. The van der Waals surface area contributed by atoms with Crippen molar-refractivity contribution in [2.45, 2.75) is 12.6 Å². The molecule has 1 heterocycles. The van der Waals surface area contributed by atoms with Gasteiger partial charge < -0.3 is 14.7 Å². The van der Waals surface area contributed by atoms with Gasteiger partial charge in [0.05, 0.1) is 13.2 Å². The average Bonchev–Trinajstić information content (AvgIpc) is 3.00. The number of hydrogen-bond donors (Lipinski definition) is 1. The van der Waals surface area contributed by atoms with Gasteiger partial charge in [0.1, 0.15) is 11.6 Å². The maximum Gasteiger partial charge on any atom is 0.290 e. The van der Waals surface area contributed by atoms with E-state index in [1.165, 1.54) is 12.1 Å². The van der Waals surface area contributed by atoms with E-state index in [0.29, 0.717) is 12.1 Å². The summed E-state index contributed by atoms with van der Waals surface area (Å²) in [7, 11) is 1.59. The number of ether oxygens (including phenoxy) is 1. The van der Waals surface area contributed by atoms with Crippen LogP contribution < -0.4 is 4.74 Å². The van der Waals surface area contributed by atoms with Gasteiger partial charge >= 0.3 is 0 Å². The number of halogens is 1. The predicted molar refractivity (Wildman–Crippen MR) is 109 cm³/mol. The van der Waals surface area contributed by atoms with Crippen molar-refractivity contribution in [1.29, 1.82) is 0 Å². The lowest BCUT2D eigenvalue weighted by Gasteiger charge is -2.27. The van der Waals surface area contributed by atoms with Gasteiger partial charge in [-0.05, 0) is 41.0 Å². The number of carbonyl (C=O) groups excluding carboxylic acids is 1. The minimum Gasteiger partial charge on any atom is -0.503 e. The highest BCUT2D eigenvalue weighted by Crippen LogP contribution is 2.43. The summed E-state index contributed by atoms with van der Waals surface area (Å²) >= 11 is 0. The smallest absolute Gasteiger partial charge is 0.290 e. The molecule has 4 nitrogen and oxygen atoms in total. The van der Waals surface area contributed by atoms with Gasteiger partial charge in [-0.3, -0.25) is 4.79 Å². The molecule has 4 rings (SSSR count). The first-order valence-corrected chi connectivity index (χ1v) is 9.26. The summed E-state index contributed by atoms with van der Waals surface area (Å²) in [6.45, 7) is 0.297. The molecule has 0 fully saturated rings. The molecule has 146 valence electrons. The molecule has 0 spiro atoms. The molecule has 5 heteroatoms. The summed E-state index contributed by atoms with van der Waals surface area (Å²) in [6.07, 6.45) is 0. The van der Waals surface area contributed by atoms with Crippen LogP contribution >= 0.6 is 0 Å². The van der Waals surface area contributed by atoms with E-state index in [1.54, 1.807) is 24.1 Å². The molecule has 0 aromatic heterocycles. The summed E-state index contributed by atoms with van der Waals surface area (Å²) < 4.78 is 18.7. The lowest BCUT2D eigenvalue weighted by Crippen LogP contribution is -2.29. The fourth-order valence-electron chi connectivity index (χ4n) is 3.65. The standard InChI is InChI=1S/C24H20FNO3/c1-29-20-13-7-16(8-14-20)15-26-22(18-9-11-19(25)12-10-18)21(23(27)24(26)28)17-5-3-2-4-6-17/h2-14,22,27H,15H2,1H3/t22-/m0/s1. The third kappa shape index (κ3) is 3.59. The monoisotopic (exact) mass is 389 g/mol. The third-order valence-electron chi connectivity index (χ3n) is 5.09. The molecule has 3 aromatic rings. The van der Waals surface area contributed by atoms with Crippen molar-refractivity contribution in [3.63, 3.8) is 0 Å². The molecule has 1 N–H and O–H groups in total. The van der Waals surface area contributed by atoms with E-state index in [4.69, 9.17) is 4.74 Å². The van der Waals surface area contributed by atoms with E-state index in [9.17, 15) is 14.3 Å². The normalized spacial score (nSPS) is 16.4. The second-order valence-corrected chi connectivity index (χ2v) is 6.86. The van der Waals surface area contributed by atoms with Crippen molar-refractivity contribution in [3.05, 3.63) is 107 Å². The molecule has 0 aliphatic carbocycles. The van der Waals surface area contributed by atoms with Crippen molar-refractivity contribution in [1.82, 2.24) is 4.90 Å². The predicted octanol–water partition coefficient (Wildman–Crippen LogP) is 4.89. The van der Waals surface area contributed by atoms with Crippen LogP contribution in [0.25, 0.3) is 5.57 Å². The number of amides is 1. The lowest BCUT2D eigenvalue weighted by atomic mass is 9.93. The fraction of sp³-hybridized carbons (Fsp3) is 0.125. The van der Waals surface area contributed by atoms with Crippen LogP contribution in [-0.4, -0.2) is 23.0 Å². The molecule has 0 bridgehead atoms. The van der Waals surface area contributed by atoms with E-state index in [0.717, 1.165) is 22.4 Å². The highest BCUT2D eigenvalue weighted by molar-refractivity contribution is 6.05. The zero-order chi connectivity index (χ0) is 20.4. The first-order chi connectivity index (χ1) is 14.1.